The Morgan fingerprint density at radius 3 is 1.85 bits per heavy atom. The third-order valence-corrected chi connectivity index (χ3v) is 9.81. The van der Waals surface area contributed by atoms with Gasteiger partial charge in [-0.2, -0.15) is 20.1 Å². The highest BCUT2D eigenvalue weighted by atomic mass is 16.5. The number of carbonyl (C=O) groups excluding carboxylic acids is 1. The second-order valence-corrected chi connectivity index (χ2v) is 15.5. The van der Waals surface area contributed by atoms with E-state index in [2.05, 4.69) is 80.8 Å². The van der Waals surface area contributed by atoms with E-state index in [0.29, 0.717) is 86.1 Å². The average Bonchev–Trinajstić information content (AvgIpc) is 3.38. The second-order valence-electron chi connectivity index (χ2n) is 15.5. The number of nitrogens with one attached hydrogen (secondary N) is 7. The van der Waals surface area contributed by atoms with Gasteiger partial charge in [0.1, 0.15) is 23.2 Å². The number of benzene rings is 5. The van der Waals surface area contributed by atoms with Crippen LogP contribution in [0.3, 0.4) is 0 Å². The smallest absolute Gasteiger partial charge is 0.251 e. The fraction of sp³-hybridized carbons (Fsp3) is 0.250. The lowest BCUT2D eigenvalue weighted by Gasteiger charge is -2.16. The molecule has 19 nitrogen and oxygen atoms in total. The first kappa shape index (κ1) is 53.4. The topological polar surface area (TPSA) is 268 Å². The summed E-state index contributed by atoms with van der Waals surface area (Å²) in [6.45, 7) is 11.3. The van der Waals surface area contributed by atoms with Crippen molar-refractivity contribution in [1.82, 2.24) is 25.6 Å². The van der Waals surface area contributed by atoms with Crippen molar-refractivity contribution in [3.63, 3.8) is 0 Å². The van der Waals surface area contributed by atoms with Crippen LogP contribution in [0.1, 0.15) is 55.5 Å². The van der Waals surface area contributed by atoms with Crippen molar-refractivity contribution in [3.8, 4) is 5.75 Å². The number of anilines is 7. The molecule has 0 fully saturated rings. The number of ether oxygens (including phenoxy) is 2. The molecule has 0 saturated heterocycles. The highest BCUT2D eigenvalue weighted by Crippen LogP contribution is 2.21. The predicted octanol–water partition coefficient (Wildman–Crippen LogP) is 8.14. The van der Waals surface area contributed by atoms with Crippen LogP contribution in [0, 0.1) is 0 Å². The Bertz CT molecular complexity index is 2580. The molecule has 372 valence electrons. The number of hydrazone groups is 1. The molecule has 0 aliphatic heterocycles. The average molecular weight is 964 g/mol. The maximum Gasteiger partial charge on any atom is 0.251 e. The summed E-state index contributed by atoms with van der Waals surface area (Å²) < 4.78 is 11.1. The van der Waals surface area contributed by atoms with Crippen LogP contribution in [0.15, 0.2) is 167 Å². The fourth-order valence-electron chi connectivity index (χ4n) is 6.26. The fourth-order valence-corrected chi connectivity index (χ4v) is 6.26. The molecule has 0 radical (unpaired) electrons. The van der Waals surface area contributed by atoms with Crippen molar-refractivity contribution >= 4 is 64.1 Å². The second kappa shape index (κ2) is 30.8. The minimum atomic E-state index is -0.123. The molecule has 12 N–H and O–H groups in total. The van der Waals surface area contributed by atoms with Crippen molar-refractivity contribution in [2.24, 2.45) is 26.7 Å². The number of unbranched alkanes of at least 4 members (excludes halogenated alkanes) is 3. The molecule has 1 aromatic heterocycles. The molecular formula is C52H65N15O4. The number of guanidine groups is 1. The lowest BCUT2D eigenvalue weighted by Crippen LogP contribution is -2.33. The van der Waals surface area contributed by atoms with E-state index >= 15 is 0 Å². The van der Waals surface area contributed by atoms with Gasteiger partial charge < -0.3 is 63.4 Å². The monoisotopic (exact) mass is 964 g/mol. The van der Waals surface area contributed by atoms with E-state index < -0.39 is 0 Å². The normalized spacial score (nSPS) is 11.4. The molecule has 0 bridgehead atoms. The minimum Gasteiger partial charge on any atom is -0.508 e. The Balaban J connectivity index is 0.000000288. The Morgan fingerprint density at radius 1 is 0.648 bits per heavy atom. The van der Waals surface area contributed by atoms with Gasteiger partial charge in [0.05, 0.1) is 33.0 Å². The van der Waals surface area contributed by atoms with Crippen LogP contribution < -0.4 is 48.8 Å². The number of amides is 1. The van der Waals surface area contributed by atoms with Crippen LogP contribution in [0.5, 0.6) is 5.75 Å². The molecule has 0 spiro atoms. The molecule has 0 aliphatic rings. The molecule has 0 aliphatic carbocycles. The number of aliphatic imine (C=N–C) groups is 2. The summed E-state index contributed by atoms with van der Waals surface area (Å²) in [7, 11) is 0. The number of phenols is 1. The number of nitrogens with two attached hydrogens (primary N) is 2. The first-order valence-corrected chi connectivity index (χ1v) is 23.3. The van der Waals surface area contributed by atoms with E-state index in [0.717, 1.165) is 35.7 Å². The van der Waals surface area contributed by atoms with Gasteiger partial charge in [0.25, 0.3) is 5.91 Å². The highest BCUT2D eigenvalue weighted by Gasteiger charge is 2.09. The summed E-state index contributed by atoms with van der Waals surface area (Å²) in [6.07, 6.45) is 4.69. The molecule has 19 heteroatoms. The van der Waals surface area contributed by atoms with Crippen molar-refractivity contribution < 1.29 is 19.4 Å². The van der Waals surface area contributed by atoms with Crippen LogP contribution in [0.4, 0.5) is 40.6 Å². The van der Waals surface area contributed by atoms with Gasteiger partial charge in [-0.25, -0.2) is 4.99 Å². The molecule has 6 aromatic rings. The largest absolute Gasteiger partial charge is 0.508 e. The van der Waals surface area contributed by atoms with E-state index in [1.807, 2.05) is 91.0 Å². The standard InChI is InChI=1S/C31H39N9O3.C21H26N6O/c1-23(34-17-19-42-21-22-43-20-18-35-30(41)26-9-5-3-6-10-26)37-31(38-24(2)36-27-11-7-4-8-12-27)39-28-15-13-25(14-16-28)29(32)40-33;1-2-3-4-8-15-22-19-25-20(23-16-9-6-5-7-10-16)27-21(26-19)24-17-11-13-18(28)14-12-17/h3-16,36H,2,17-22,33H2,1H3,(H2,32,40)(H,35,41)(H2,34,37,38,39);5-7,9-14,28H,2-4,8,15H2,1H3,(H3,22,23,24,25,26,27). The number of rotatable bonds is 25. The van der Waals surface area contributed by atoms with Gasteiger partial charge in [-0.15, -0.1) is 0 Å². The maximum atomic E-state index is 12.0. The van der Waals surface area contributed by atoms with Crippen molar-refractivity contribution in [1.29, 1.82) is 0 Å². The zero-order chi connectivity index (χ0) is 50.3. The summed E-state index contributed by atoms with van der Waals surface area (Å²) >= 11 is 0. The first-order chi connectivity index (χ1) is 34.7. The molecule has 5 aromatic carbocycles. The summed E-state index contributed by atoms with van der Waals surface area (Å²) in [5, 5.41) is 35.0. The number of phenolic OH excluding ortho intramolecular Hbond substituents is 1. The molecule has 71 heavy (non-hydrogen) atoms. The molecule has 0 atom stereocenters. The zero-order valence-corrected chi connectivity index (χ0v) is 40.3. The first-order valence-electron chi connectivity index (χ1n) is 23.3. The number of hydrogen-bond acceptors (Lipinski definition) is 14. The number of para-hydroxylation sites is 2. The number of nitrogens with zero attached hydrogens (tertiary/aromatic N) is 6. The lowest BCUT2D eigenvalue weighted by molar-refractivity contribution is 0.0512. The molecule has 1 heterocycles. The highest BCUT2D eigenvalue weighted by molar-refractivity contribution is 6.03. The summed E-state index contributed by atoms with van der Waals surface area (Å²) in [6, 6.07) is 42.5. The summed E-state index contributed by atoms with van der Waals surface area (Å²) in [5.74, 6) is 8.47. The molecule has 0 saturated carbocycles. The van der Waals surface area contributed by atoms with Crippen LogP contribution in [-0.2, 0) is 9.47 Å². The third-order valence-electron chi connectivity index (χ3n) is 9.81. The van der Waals surface area contributed by atoms with E-state index in [4.69, 9.17) is 21.1 Å². The maximum absolute atomic E-state index is 12.0. The Labute approximate surface area is 415 Å². The lowest BCUT2D eigenvalue weighted by atomic mass is 10.2. The third kappa shape index (κ3) is 21.1. The number of hydrogen-bond donors (Lipinski definition) is 10. The van der Waals surface area contributed by atoms with Gasteiger partial charge in [0, 0.05) is 47.0 Å². The van der Waals surface area contributed by atoms with Gasteiger partial charge in [-0.3, -0.25) is 9.79 Å². The summed E-state index contributed by atoms with van der Waals surface area (Å²) in [5.41, 5.74) is 10.4. The summed E-state index contributed by atoms with van der Waals surface area (Å²) in [4.78, 5) is 34.5. The van der Waals surface area contributed by atoms with Crippen LogP contribution in [0.2, 0.25) is 0 Å². The van der Waals surface area contributed by atoms with E-state index in [1.54, 1.807) is 55.5 Å². The quantitative estimate of drug-likeness (QED) is 0.00648. The number of amidine groups is 2. The minimum absolute atomic E-state index is 0.123. The van der Waals surface area contributed by atoms with E-state index in [9.17, 15) is 9.90 Å². The van der Waals surface area contributed by atoms with E-state index in [1.165, 1.54) is 19.3 Å². The van der Waals surface area contributed by atoms with E-state index in [-0.39, 0.29) is 17.5 Å². The molecular weight excluding hydrogens is 899 g/mol. The van der Waals surface area contributed by atoms with Crippen LogP contribution in [0.25, 0.3) is 0 Å². The van der Waals surface area contributed by atoms with Gasteiger partial charge in [-0.1, -0.05) is 87.4 Å². The predicted molar refractivity (Wildman–Crippen MR) is 287 cm³/mol. The Kier molecular flexibility index (Phi) is 23.1. The van der Waals surface area contributed by atoms with Gasteiger partial charge >= 0.3 is 0 Å². The van der Waals surface area contributed by atoms with Gasteiger partial charge in [0.2, 0.25) is 23.8 Å². The van der Waals surface area contributed by atoms with Crippen molar-refractivity contribution in [2.45, 2.75) is 39.5 Å². The van der Waals surface area contributed by atoms with Gasteiger partial charge in [0.15, 0.2) is 0 Å². The number of aromatic nitrogens is 3. The van der Waals surface area contributed by atoms with Crippen molar-refractivity contribution in [3.05, 3.63) is 163 Å². The molecule has 1 amide bonds. The van der Waals surface area contributed by atoms with Crippen LogP contribution in [-0.4, -0.2) is 89.7 Å². The zero-order valence-electron chi connectivity index (χ0n) is 40.3. The van der Waals surface area contributed by atoms with Crippen LogP contribution >= 0.6 is 0 Å². The Hall–Kier alpha value is -8.55. The van der Waals surface area contributed by atoms with Crippen molar-refractivity contribution in [2.75, 3.05) is 72.6 Å². The molecule has 6 rings (SSSR count). The van der Waals surface area contributed by atoms with Gasteiger partial charge in [-0.05, 0) is 98.3 Å². The SMILES string of the molecule is C=C(NC(=NC(C)=NCCOCCOCCNC(=O)c1ccccc1)Nc1ccc(/C(N)=N/N)cc1)Nc1ccccc1.CCCCCCNc1nc(Nc2ccccc2)nc(Nc2ccc(O)cc2)n1. The molecule has 0 unspecified atom stereocenters. The number of aromatic hydroxyl groups is 1. The number of carbonyl (C=O) groups is 1. The Morgan fingerprint density at radius 2 is 1.21 bits per heavy atom.